The van der Waals surface area contributed by atoms with Gasteiger partial charge in [0.05, 0.1) is 12.8 Å². The largest absolute Gasteiger partial charge is 0.497 e. The van der Waals surface area contributed by atoms with Crippen molar-refractivity contribution in [3.63, 3.8) is 0 Å². The number of likely N-dealkylation sites (tertiary alicyclic amines) is 1. The van der Waals surface area contributed by atoms with Gasteiger partial charge in [0.2, 0.25) is 0 Å². The number of rotatable bonds is 4. The molecule has 3 heterocycles. The molecule has 0 aliphatic carbocycles. The highest BCUT2D eigenvalue weighted by atomic mass is 32.1. The number of aromatic nitrogens is 2. The number of thiazole rings is 1. The highest BCUT2D eigenvalue weighted by Crippen LogP contribution is 2.26. The molecule has 0 saturated carbocycles. The highest BCUT2D eigenvalue weighted by Gasteiger charge is 2.26. The zero-order valence-electron chi connectivity index (χ0n) is 15.9. The Morgan fingerprint density at radius 1 is 1.26 bits per heavy atom. The smallest absolute Gasteiger partial charge is 0.271 e. The van der Waals surface area contributed by atoms with Gasteiger partial charge in [0.15, 0.2) is 4.96 Å². The first-order valence-electron chi connectivity index (χ1n) is 9.13. The van der Waals surface area contributed by atoms with Crippen LogP contribution < -0.4 is 4.74 Å². The molecule has 0 spiro atoms. The Kier molecular flexibility index (Phi) is 4.88. The van der Waals surface area contributed by atoms with E-state index in [1.807, 2.05) is 52.2 Å². The number of fused-ring (bicyclic) bond motifs is 1. The average molecular weight is 385 g/mol. The molecule has 0 radical (unpaired) electrons. The van der Waals surface area contributed by atoms with Crippen LogP contribution in [-0.2, 0) is 0 Å². The number of nitrogens with zero attached hydrogens (tertiary/aromatic N) is 4. The van der Waals surface area contributed by atoms with Crippen molar-refractivity contribution in [2.24, 2.45) is 0 Å². The minimum absolute atomic E-state index is 0.0643. The summed E-state index contributed by atoms with van der Waals surface area (Å²) >= 11 is 1.50. The molecule has 0 atom stereocenters. The Balaban J connectivity index is 1.58. The second kappa shape index (κ2) is 7.32. The minimum Gasteiger partial charge on any atom is -0.497 e. The molecule has 6 nitrogen and oxygen atoms in total. The van der Waals surface area contributed by atoms with Crippen molar-refractivity contribution in [3.8, 4) is 17.0 Å². The lowest BCUT2D eigenvalue weighted by molar-refractivity contribution is 0.0653. The molecule has 142 valence electrons. The summed E-state index contributed by atoms with van der Waals surface area (Å²) in [5.74, 6) is 0.880. The van der Waals surface area contributed by atoms with Crippen LogP contribution >= 0.6 is 11.3 Å². The summed E-state index contributed by atoms with van der Waals surface area (Å²) in [5.41, 5.74) is 2.55. The number of piperidine rings is 1. The first kappa shape index (κ1) is 18.0. The molecular formula is C20H24N4O2S. The monoisotopic (exact) mass is 384 g/mol. The molecule has 2 aromatic heterocycles. The number of hydrogen-bond donors (Lipinski definition) is 0. The van der Waals surface area contributed by atoms with Crippen LogP contribution in [0.2, 0.25) is 0 Å². The average Bonchev–Trinajstić information content (AvgIpc) is 3.28. The van der Waals surface area contributed by atoms with E-state index >= 15 is 0 Å². The summed E-state index contributed by atoms with van der Waals surface area (Å²) in [7, 11) is 5.70. The van der Waals surface area contributed by atoms with E-state index in [0.29, 0.717) is 11.7 Å². The first-order valence-corrected chi connectivity index (χ1v) is 10.0. The molecule has 4 rings (SSSR count). The summed E-state index contributed by atoms with van der Waals surface area (Å²) in [5, 5.41) is 1.91. The van der Waals surface area contributed by atoms with Crippen LogP contribution in [0.25, 0.3) is 16.2 Å². The molecule has 3 aromatic rings. The molecule has 7 heteroatoms. The predicted molar refractivity (Wildman–Crippen MR) is 108 cm³/mol. The summed E-state index contributed by atoms with van der Waals surface area (Å²) in [4.78, 5) is 22.8. The molecule has 1 amide bonds. The minimum atomic E-state index is 0.0643. The standard InChI is InChI=1S/C20H24N4O2S/c1-22-10-8-15(9-11-22)23(2)19(25)18-13-27-20-21-17(12-24(18)20)14-4-6-16(26-3)7-5-14/h4-7,12-13,15H,8-11H2,1-3H3. The zero-order valence-corrected chi connectivity index (χ0v) is 16.7. The highest BCUT2D eigenvalue weighted by molar-refractivity contribution is 7.15. The summed E-state index contributed by atoms with van der Waals surface area (Å²) < 4.78 is 7.13. The second-order valence-electron chi connectivity index (χ2n) is 7.08. The van der Waals surface area contributed by atoms with Gasteiger partial charge in [-0.05, 0) is 57.2 Å². The molecular weight excluding hydrogens is 360 g/mol. The number of ether oxygens (including phenoxy) is 1. The van der Waals surface area contributed by atoms with Crippen LogP contribution in [-0.4, -0.2) is 65.4 Å². The van der Waals surface area contributed by atoms with Crippen molar-refractivity contribution in [2.45, 2.75) is 18.9 Å². The lowest BCUT2D eigenvalue weighted by Crippen LogP contribution is -2.44. The number of amides is 1. The van der Waals surface area contributed by atoms with Crippen LogP contribution in [0, 0.1) is 0 Å². The van der Waals surface area contributed by atoms with Gasteiger partial charge in [-0.1, -0.05) is 0 Å². The molecule has 1 aliphatic heterocycles. The fourth-order valence-corrected chi connectivity index (χ4v) is 4.41. The molecule has 1 aromatic carbocycles. The fourth-order valence-electron chi connectivity index (χ4n) is 3.57. The van der Waals surface area contributed by atoms with Crippen LogP contribution in [0.15, 0.2) is 35.8 Å². The maximum atomic E-state index is 13.1. The van der Waals surface area contributed by atoms with E-state index in [1.165, 1.54) is 11.3 Å². The maximum absolute atomic E-state index is 13.1. The van der Waals surface area contributed by atoms with Gasteiger partial charge in [0.25, 0.3) is 5.91 Å². The van der Waals surface area contributed by atoms with E-state index in [0.717, 1.165) is 47.9 Å². The van der Waals surface area contributed by atoms with Gasteiger partial charge in [-0.3, -0.25) is 9.20 Å². The topological polar surface area (TPSA) is 50.1 Å². The Hall–Kier alpha value is -2.38. The molecule has 1 saturated heterocycles. The molecule has 0 N–H and O–H groups in total. The SMILES string of the molecule is COc1ccc(-c2cn3c(C(=O)N(C)C4CCN(C)CC4)csc3n2)cc1. The third kappa shape index (κ3) is 3.44. The van der Waals surface area contributed by atoms with Crippen LogP contribution in [0.5, 0.6) is 5.75 Å². The Labute approximate surface area is 163 Å². The number of carbonyl (C=O) groups excluding carboxylic acids is 1. The number of hydrogen-bond acceptors (Lipinski definition) is 5. The van der Waals surface area contributed by atoms with E-state index in [-0.39, 0.29) is 5.91 Å². The van der Waals surface area contributed by atoms with Crippen molar-refractivity contribution >= 4 is 22.2 Å². The molecule has 1 fully saturated rings. The second-order valence-corrected chi connectivity index (χ2v) is 7.92. The predicted octanol–water partition coefficient (Wildman–Crippen LogP) is 3.24. The van der Waals surface area contributed by atoms with E-state index in [4.69, 9.17) is 4.74 Å². The van der Waals surface area contributed by atoms with Crippen molar-refractivity contribution in [1.82, 2.24) is 19.2 Å². The van der Waals surface area contributed by atoms with Gasteiger partial charge in [-0.15, -0.1) is 11.3 Å². The van der Waals surface area contributed by atoms with E-state index < -0.39 is 0 Å². The van der Waals surface area contributed by atoms with Gasteiger partial charge in [0, 0.05) is 30.2 Å². The lowest BCUT2D eigenvalue weighted by atomic mass is 10.0. The summed E-state index contributed by atoms with van der Waals surface area (Å²) in [6.45, 7) is 2.07. The molecule has 1 aliphatic rings. The van der Waals surface area contributed by atoms with Gasteiger partial charge >= 0.3 is 0 Å². The van der Waals surface area contributed by atoms with Crippen molar-refractivity contribution < 1.29 is 9.53 Å². The van der Waals surface area contributed by atoms with Gasteiger partial charge in [-0.2, -0.15) is 0 Å². The van der Waals surface area contributed by atoms with Crippen molar-refractivity contribution in [3.05, 3.63) is 41.5 Å². The van der Waals surface area contributed by atoms with Crippen LogP contribution in [0.3, 0.4) is 0 Å². The van der Waals surface area contributed by atoms with Crippen LogP contribution in [0.1, 0.15) is 23.3 Å². The van der Waals surface area contributed by atoms with Crippen molar-refractivity contribution in [2.75, 3.05) is 34.3 Å². The zero-order chi connectivity index (χ0) is 19.0. The van der Waals surface area contributed by atoms with Crippen LogP contribution in [0.4, 0.5) is 0 Å². The normalized spacial score (nSPS) is 16.0. The lowest BCUT2D eigenvalue weighted by Gasteiger charge is -2.34. The van der Waals surface area contributed by atoms with Crippen molar-refractivity contribution in [1.29, 1.82) is 0 Å². The molecule has 0 bridgehead atoms. The van der Waals surface area contributed by atoms with E-state index in [1.54, 1.807) is 7.11 Å². The quantitative estimate of drug-likeness (QED) is 0.693. The van der Waals surface area contributed by atoms with Gasteiger partial charge in [0.1, 0.15) is 11.4 Å². The summed E-state index contributed by atoms with van der Waals surface area (Å²) in [6, 6.07) is 8.11. The van der Waals surface area contributed by atoms with Gasteiger partial charge in [-0.25, -0.2) is 4.98 Å². The summed E-state index contributed by atoms with van der Waals surface area (Å²) in [6.07, 6.45) is 3.99. The maximum Gasteiger partial charge on any atom is 0.271 e. The Bertz CT molecular complexity index is 939. The van der Waals surface area contributed by atoms with E-state index in [9.17, 15) is 4.79 Å². The molecule has 0 unspecified atom stereocenters. The Morgan fingerprint density at radius 3 is 2.63 bits per heavy atom. The first-order chi connectivity index (χ1) is 13.1. The third-order valence-corrected chi connectivity index (χ3v) is 6.21. The Morgan fingerprint density at radius 2 is 1.96 bits per heavy atom. The number of imidazole rings is 1. The third-order valence-electron chi connectivity index (χ3n) is 5.37. The van der Waals surface area contributed by atoms with Gasteiger partial charge < -0.3 is 14.5 Å². The number of benzene rings is 1. The number of carbonyl (C=O) groups is 1. The van der Waals surface area contributed by atoms with E-state index in [2.05, 4.69) is 16.9 Å². The number of methoxy groups -OCH3 is 1. The molecule has 27 heavy (non-hydrogen) atoms. The fraction of sp³-hybridized carbons (Fsp3) is 0.400.